The molecular weight excluding hydrogens is 412 g/mol. The summed E-state index contributed by atoms with van der Waals surface area (Å²) in [5.41, 5.74) is 12.1. The van der Waals surface area contributed by atoms with Gasteiger partial charge in [0.05, 0.1) is 29.0 Å². The van der Waals surface area contributed by atoms with Gasteiger partial charge in [-0.05, 0) is 45.1 Å². The second kappa shape index (κ2) is 8.99. The van der Waals surface area contributed by atoms with E-state index < -0.39 is 10.0 Å². The number of hydrogen-bond acceptors (Lipinski definition) is 7. The van der Waals surface area contributed by atoms with Gasteiger partial charge in [0.25, 0.3) is 0 Å². The van der Waals surface area contributed by atoms with Gasteiger partial charge in [-0.15, -0.1) is 0 Å². The van der Waals surface area contributed by atoms with E-state index in [0.29, 0.717) is 23.5 Å². The molecular formula is C22H28N6O2S. The van der Waals surface area contributed by atoms with E-state index in [1.807, 2.05) is 33.2 Å². The lowest BCUT2D eigenvalue weighted by Crippen LogP contribution is -2.12. The molecule has 0 saturated carbocycles. The van der Waals surface area contributed by atoms with Crippen LogP contribution in [0.5, 0.6) is 0 Å². The average molecular weight is 441 g/mol. The second-order valence-corrected chi connectivity index (χ2v) is 9.52. The average Bonchev–Trinajstić information content (AvgIpc) is 2.68. The Balaban J connectivity index is 2.23. The number of nitrogens with two attached hydrogens (primary N) is 1. The molecule has 0 amide bonds. The molecule has 0 spiro atoms. The normalized spacial score (nSPS) is 11.7. The highest BCUT2D eigenvalue weighted by atomic mass is 32.2. The van der Waals surface area contributed by atoms with Crippen molar-refractivity contribution < 1.29 is 8.42 Å². The Morgan fingerprint density at radius 3 is 2.52 bits per heavy atom. The number of aromatic nitrogens is 3. The van der Waals surface area contributed by atoms with Gasteiger partial charge in [-0.3, -0.25) is 9.71 Å². The number of hydrogen-bond donors (Lipinski definition) is 2. The van der Waals surface area contributed by atoms with Crippen molar-refractivity contribution in [1.29, 1.82) is 0 Å². The van der Waals surface area contributed by atoms with E-state index in [1.54, 1.807) is 19.2 Å². The van der Waals surface area contributed by atoms with Gasteiger partial charge in [0.2, 0.25) is 16.0 Å². The fourth-order valence-corrected chi connectivity index (χ4v) is 4.06. The summed E-state index contributed by atoms with van der Waals surface area (Å²) >= 11 is 0. The molecule has 3 rings (SSSR count). The number of nitrogens with one attached hydrogen (secondary N) is 1. The molecule has 0 saturated heterocycles. The first-order chi connectivity index (χ1) is 14.6. The zero-order valence-corrected chi connectivity index (χ0v) is 19.3. The van der Waals surface area contributed by atoms with Crippen LogP contribution in [0.4, 0.5) is 11.6 Å². The van der Waals surface area contributed by atoms with Crippen LogP contribution in [0.3, 0.4) is 0 Å². The lowest BCUT2D eigenvalue weighted by Gasteiger charge is -2.17. The van der Waals surface area contributed by atoms with Gasteiger partial charge in [0.15, 0.2) is 0 Å². The first-order valence-corrected chi connectivity index (χ1v) is 11.8. The minimum absolute atomic E-state index is 0.197. The van der Waals surface area contributed by atoms with Crippen LogP contribution in [0, 0.1) is 6.92 Å². The highest BCUT2D eigenvalue weighted by molar-refractivity contribution is 7.92. The first-order valence-electron chi connectivity index (χ1n) is 9.92. The number of rotatable bonds is 7. The first kappa shape index (κ1) is 22.6. The molecule has 164 valence electrons. The molecule has 9 heteroatoms. The van der Waals surface area contributed by atoms with Crippen molar-refractivity contribution in [3.05, 3.63) is 53.5 Å². The van der Waals surface area contributed by atoms with Crippen LogP contribution >= 0.6 is 0 Å². The third kappa shape index (κ3) is 5.56. The number of sulfonamides is 1. The number of nitrogen functional groups attached to an aromatic ring is 1. The van der Waals surface area contributed by atoms with E-state index in [2.05, 4.69) is 36.7 Å². The largest absolute Gasteiger partial charge is 0.368 e. The predicted molar refractivity (Wildman–Crippen MR) is 125 cm³/mol. The highest BCUT2D eigenvalue weighted by Crippen LogP contribution is 2.35. The fraction of sp³-hybridized carbons (Fsp3) is 0.318. The predicted octanol–water partition coefficient (Wildman–Crippen LogP) is 3.09. The minimum atomic E-state index is -3.45. The summed E-state index contributed by atoms with van der Waals surface area (Å²) in [5.74, 6) is 0.197. The Morgan fingerprint density at radius 2 is 1.87 bits per heavy atom. The smallest absolute Gasteiger partial charge is 0.229 e. The Kier molecular flexibility index (Phi) is 6.56. The molecule has 0 unspecified atom stereocenters. The lowest BCUT2D eigenvalue weighted by molar-refractivity contribution is 0.402. The summed E-state index contributed by atoms with van der Waals surface area (Å²) in [7, 11) is 0.590. The van der Waals surface area contributed by atoms with Gasteiger partial charge in [-0.1, -0.05) is 25.1 Å². The molecule has 2 heterocycles. The minimum Gasteiger partial charge on any atom is -0.368 e. The molecule has 8 nitrogen and oxygen atoms in total. The number of pyridine rings is 1. The maximum absolute atomic E-state index is 11.8. The molecule has 0 radical (unpaired) electrons. The van der Waals surface area contributed by atoms with Crippen molar-refractivity contribution in [3.8, 4) is 22.4 Å². The molecule has 0 fully saturated rings. The van der Waals surface area contributed by atoms with Gasteiger partial charge < -0.3 is 10.6 Å². The number of anilines is 2. The third-order valence-corrected chi connectivity index (χ3v) is 5.30. The summed E-state index contributed by atoms with van der Waals surface area (Å²) in [6.45, 7) is 4.54. The molecule has 0 aliphatic rings. The Labute approximate surface area is 183 Å². The summed E-state index contributed by atoms with van der Waals surface area (Å²) in [6.07, 6.45) is 3.46. The summed E-state index contributed by atoms with van der Waals surface area (Å²) in [6, 6.07) is 9.90. The highest BCUT2D eigenvalue weighted by Gasteiger charge is 2.18. The number of nitrogens with zero attached hydrogens (tertiary/aromatic N) is 4. The van der Waals surface area contributed by atoms with Crippen LogP contribution in [0.25, 0.3) is 22.4 Å². The summed E-state index contributed by atoms with van der Waals surface area (Å²) in [4.78, 5) is 15.5. The van der Waals surface area contributed by atoms with Crippen molar-refractivity contribution in [3.63, 3.8) is 0 Å². The van der Waals surface area contributed by atoms with Crippen LogP contribution in [-0.2, 0) is 23.0 Å². The van der Waals surface area contributed by atoms with Crippen molar-refractivity contribution in [1.82, 2.24) is 19.9 Å². The van der Waals surface area contributed by atoms with E-state index in [9.17, 15) is 8.42 Å². The van der Waals surface area contributed by atoms with Crippen LogP contribution < -0.4 is 10.5 Å². The maximum Gasteiger partial charge on any atom is 0.229 e. The standard InChI is InChI=1S/C22H28N6O2S/c1-6-18-20(17-11-19(14(2)24-12-17)27-31(5,29)30)21(26-22(23)25-18)16-9-7-8-15(10-16)13-28(3)4/h7-12,27H,6,13H2,1-5H3,(H2,23,25,26). The Bertz CT molecular complexity index is 1210. The molecule has 0 bridgehead atoms. The molecule has 1 aromatic carbocycles. The van der Waals surface area contributed by atoms with Crippen molar-refractivity contribution in [2.75, 3.05) is 30.8 Å². The SMILES string of the molecule is CCc1nc(N)nc(-c2cccc(CN(C)C)c2)c1-c1cnc(C)c(NS(C)(=O)=O)c1. The maximum atomic E-state index is 11.8. The van der Waals surface area contributed by atoms with Crippen LogP contribution in [0.15, 0.2) is 36.5 Å². The molecule has 0 aliphatic heterocycles. The third-order valence-electron chi connectivity index (χ3n) is 4.71. The molecule has 0 atom stereocenters. The topological polar surface area (TPSA) is 114 Å². The Hall–Kier alpha value is -3.04. The lowest BCUT2D eigenvalue weighted by atomic mass is 9.96. The zero-order chi connectivity index (χ0) is 22.8. The molecule has 2 aromatic heterocycles. The molecule has 0 aliphatic carbocycles. The van der Waals surface area contributed by atoms with Gasteiger partial charge in [0, 0.05) is 29.4 Å². The number of benzene rings is 1. The molecule has 3 N–H and O–H groups in total. The van der Waals surface area contributed by atoms with Gasteiger partial charge in [-0.25, -0.2) is 18.4 Å². The van der Waals surface area contributed by atoms with E-state index in [-0.39, 0.29) is 5.95 Å². The van der Waals surface area contributed by atoms with Crippen LogP contribution in [0.1, 0.15) is 23.9 Å². The van der Waals surface area contributed by atoms with E-state index in [1.165, 1.54) is 0 Å². The summed E-state index contributed by atoms with van der Waals surface area (Å²) < 4.78 is 26.1. The molecule has 3 aromatic rings. The van der Waals surface area contributed by atoms with Crippen molar-refractivity contribution in [2.24, 2.45) is 0 Å². The van der Waals surface area contributed by atoms with Crippen molar-refractivity contribution in [2.45, 2.75) is 26.8 Å². The number of aryl methyl sites for hydroxylation is 2. The van der Waals surface area contributed by atoms with Gasteiger partial charge in [-0.2, -0.15) is 0 Å². The van der Waals surface area contributed by atoms with Crippen LogP contribution in [-0.4, -0.2) is 48.6 Å². The quantitative estimate of drug-likeness (QED) is 0.580. The van der Waals surface area contributed by atoms with E-state index in [4.69, 9.17) is 5.73 Å². The van der Waals surface area contributed by atoms with Crippen LogP contribution in [0.2, 0.25) is 0 Å². The van der Waals surface area contributed by atoms with Gasteiger partial charge in [0.1, 0.15) is 0 Å². The molecule has 31 heavy (non-hydrogen) atoms. The summed E-state index contributed by atoms with van der Waals surface area (Å²) in [5, 5.41) is 0. The van der Waals surface area contributed by atoms with E-state index >= 15 is 0 Å². The second-order valence-electron chi connectivity index (χ2n) is 7.78. The fourth-order valence-electron chi connectivity index (χ4n) is 3.45. The van der Waals surface area contributed by atoms with Gasteiger partial charge >= 0.3 is 0 Å². The zero-order valence-electron chi connectivity index (χ0n) is 18.5. The van der Waals surface area contributed by atoms with E-state index in [0.717, 1.165) is 40.7 Å². The monoisotopic (exact) mass is 440 g/mol. The Morgan fingerprint density at radius 1 is 1.13 bits per heavy atom. The van der Waals surface area contributed by atoms with Crippen molar-refractivity contribution >= 4 is 21.7 Å².